The summed E-state index contributed by atoms with van der Waals surface area (Å²) in [5.74, 6) is 1.69. The molecule has 1 aliphatic carbocycles. The van der Waals surface area contributed by atoms with E-state index < -0.39 is 11.7 Å². The number of hydrogen-bond donors (Lipinski definition) is 1. The molecule has 0 amide bonds. The van der Waals surface area contributed by atoms with Crippen LogP contribution in [0, 0.1) is 11.3 Å². The fraction of sp³-hybridized carbons (Fsp3) is 0.375. The number of halogens is 3. The number of aryl methyl sites for hydroxylation is 1. The van der Waals surface area contributed by atoms with Gasteiger partial charge in [0.15, 0.2) is 5.82 Å². The van der Waals surface area contributed by atoms with Gasteiger partial charge in [-0.25, -0.2) is 9.97 Å². The summed E-state index contributed by atoms with van der Waals surface area (Å²) in [5, 5.41) is 3.25. The van der Waals surface area contributed by atoms with Gasteiger partial charge >= 0.3 is 6.18 Å². The zero-order chi connectivity index (χ0) is 22.2. The van der Waals surface area contributed by atoms with Gasteiger partial charge < -0.3 is 5.32 Å². The molecular weight excluding hydrogens is 401 g/mol. The minimum Gasteiger partial charge on any atom is -0.340 e. The number of rotatable bonds is 3. The van der Waals surface area contributed by atoms with Crippen molar-refractivity contribution < 1.29 is 13.2 Å². The smallest absolute Gasteiger partial charge is 0.340 e. The first kappa shape index (κ1) is 21.3. The summed E-state index contributed by atoms with van der Waals surface area (Å²) in [6, 6.07) is 8.76. The summed E-state index contributed by atoms with van der Waals surface area (Å²) in [4.78, 5) is 13.7. The van der Waals surface area contributed by atoms with Crippen molar-refractivity contribution >= 4 is 11.5 Å². The highest BCUT2D eigenvalue weighted by Crippen LogP contribution is 2.40. The highest BCUT2D eigenvalue weighted by atomic mass is 19.4. The molecule has 7 heteroatoms. The summed E-state index contributed by atoms with van der Waals surface area (Å²) in [6.45, 7) is 6.70. The summed E-state index contributed by atoms with van der Waals surface area (Å²) < 4.78 is 38.8. The van der Waals surface area contributed by atoms with E-state index >= 15 is 0 Å². The van der Waals surface area contributed by atoms with E-state index in [2.05, 4.69) is 31.1 Å². The van der Waals surface area contributed by atoms with Gasteiger partial charge in [0.1, 0.15) is 5.82 Å². The third kappa shape index (κ3) is 4.70. The Labute approximate surface area is 180 Å². The lowest BCUT2D eigenvalue weighted by molar-refractivity contribution is -0.137. The summed E-state index contributed by atoms with van der Waals surface area (Å²) >= 11 is 0. The van der Waals surface area contributed by atoms with Gasteiger partial charge in [-0.15, -0.1) is 0 Å². The molecule has 162 valence electrons. The standard InChI is InChI=1S/C24H25F3N4/c1-23(2,3)17-8-11-20-19(13-17)22(31-21(30-20)15-5-4-12-28-14-15)29-18-9-6-16(7-10-18)24(25,26)27/h4-7,9-10,12,14,17H,8,11,13H2,1-3H3,(H,29,30,31)/t17-/m0/s1. The van der Waals surface area contributed by atoms with Crippen LogP contribution in [0.1, 0.15) is 44.0 Å². The van der Waals surface area contributed by atoms with Crippen molar-refractivity contribution in [3.05, 3.63) is 65.6 Å². The highest BCUT2D eigenvalue weighted by Gasteiger charge is 2.32. The van der Waals surface area contributed by atoms with Crippen molar-refractivity contribution in [2.45, 2.75) is 46.2 Å². The first-order valence-electron chi connectivity index (χ1n) is 10.4. The van der Waals surface area contributed by atoms with Crippen LogP contribution in [-0.4, -0.2) is 15.0 Å². The van der Waals surface area contributed by atoms with Crippen LogP contribution in [0.3, 0.4) is 0 Å². The quantitative estimate of drug-likeness (QED) is 0.523. The van der Waals surface area contributed by atoms with Crippen molar-refractivity contribution in [1.82, 2.24) is 15.0 Å². The molecule has 0 bridgehead atoms. The van der Waals surface area contributed by atoms with Crippen molar-refractivity contribution in [2.75, 3.05) is 5.32 Å². The second-order valence-electron chi connectivity index (χ2n) is 9.07. The maximum absolute atomic E-state index is 12.9. The molecule has 0 unspecified atom stereocenters. The SMILES string of the molecule is CC(C)(C)[C@H]1CCc2nc(-c3cccnc3)nc(Nc3ccc(C(F)(F)F)cc3)c2C1. The van der Waals surface area contributed by atoms with Crippen LogP contribution in [0.25, 0.3) is 11.4 Å². The zero-order valence-corrected chi connectivity index (χ0v) is 17.8. The lowest BCUT2D eigenvalue weighted by Crippen LogP contribution is -2.28. The van der Waals surface area contributed by atoms with Crippen LogP contribution in [0.2, 0.25) is 0 Å². The molecule has 3 aromatic rings. The fourth-order valence-electron chi connectivity index (χ4n) is 3.96. The second kappa shape index (κ2) is 7.94. The Morgan fingerprint density at radius 3 is 2.35 bits per heavy atom. The summed E-state index contributed by atoms with van der Waals surface area (Å²) in [6.07, 6.45) is 1.76. The number of alkyl halides is 3. The third-order valence-electron chi connectivity index (χ3n) is 5.89. The number of pyridine rings is 1. The predicted octanol–water partition coefficient (Wildman–Crippen LogP) is 6.45. The fourth-order valence-corrected chi connectivity index (χ4v) is 3.96. The predicted molar refractivity (Wildman–Crippen MR) is 115 cm³/mol. The van der Waals surface area contributed by atoms with E-state index in [9.17, 15) is 13.2 Å². The lowest BCUT2D eigenvalue weighted by Gasteiger charge is -2.35. The molecule has 0 saturated carbocycles. The average Bonchev–Trinajstić information content (AvgIpc) is 2.73. The molecule has 2 heterocycles. The molecule has 4 nitrogen and oxygen atoms in total. The number of benzene rings is 1. The molecule has 0 radical (unpaired) electrons. The van der Waals surface area contributed by atoms with E-state index in [0.717, 1.165) is 48.2 Å². The molecule has 1 aliphatic rings. The topological polar surface area (TPSA) is 50.7 Å². The van der Waals surface area contributed by atoms with Gasteiger partial charge in [0, 0.05) is 34.9 Å². The number of nitrogens with one attached hydrogen (secondary N) is 1. The summed E-state index contributed by atoms with van der Waals surface area (Å²) in [7, 11) is 0. The Morgan fingerprint density at radius 2 is 1.74 bits per heavy atom. The molecule has 1 aromatic carbocycles. The van der Waals surface area contributed by atoms with Gasteiger partial charge in [0.25, 0.3) is 0 Å². The van der Waals surface area contributed by atoms with Gasteiger partial charge in [-0.1, -0.05) is 20.8 Å². The van der Waals surface area contributed by atoms with Gasteiger partial charge in [-0.05, 0) is 67.0 Å². The average molecular weight is 426 g/mol. The molecule has 31 heavy (non-hydrogen) atoms. The Hall–Kier alpha value is -2.96. The van der Waals surface area contributed by atoms with E-state index in [0.29, 0.717) is 23.2 Å². The molecule has 0 saturated heterocycles. The van der Waals surface area contributed by atoms with E-state index in [1.807, 2.05) is 12.1 Å². The van der Waals surface area contributed by atoms with Crippen LogP contribution in [0.4, 0.5) is 24.7 Å². The van der Waals surface area contributed by atoms with Crippen molar-refractivity contribution in [3.8, 4) is 11.4 Å². The Kier molecular flexibility index (Phi) is 5.45. The van der Waals surface area contributed by atoms with E-state index in [1.54, 1.807) is 12.4 Å². The number of anilines is 2. The molecular formula is C24H25F3N4. The minimum absolute atomic E-state index is 0.144. The third-order valence-corrected chi connectivity index (χ3v) is 5.89. The van der Waals surface area contributed by atoms with Crippen molar-refractivity contribution in [2.24, 2.45) is 11.3 Å². The molecule has 2 aromatic heterocycles. The highest BCUT2D eigenvalue weighted by molar-refractivity contribution is 5.65. The number of aromatic nitrogens is 3. The van der Waals surface area contributed by atoms with Gasteiger partial charge in [-0.3, -0.25) is 4.98 Å². The van der Waals surface area contributed by atoms with Gasteiger partial charge in [0.2, 0.25) is 0 Å². The lowest BCUT2D eigenvalue weighted by atomic mass is 9.71. The first-order valence-corrected chi connectivity index (χ1v) is 10.4. The van der Waals surface area contributed by atoms with E-state index in [1.165, 1.54) is 12.1 Å². The number of fused-ring (bicyclic) bond motifs is 1. The van der Waals surface area contributed by atoms with Gasteiger partial charge in [-0.2, -0.15) is 13.2 Å². The van der Waals surface area contributed by atoms with Crippen LogP contribution < -0.4 is 5.32 Å². The summed E-state index contributed by atoms with van der Waals surface area (Å²) in [5.41, 5.74) is 2.86. The van der Waals surface area contributed by atoms with Crippen LogP contribution in [-0.2, 0) is 19.0 Å². The maximum atomic E-state index is 12.9. The maximum Gasteiger partial charge on any atom is 0.416 e. The molecule has 4 rings (SSSR count). The second-order valence-corrected chi connectivity index (χ2v) is 9.07. The molecule has 0 aliphatic heterocycles. The molecule has 0 fully saturated rings. The number of hydrogen-bond acceptors (Lipinski definition) is 4. The van der Waals surface area contributed by atoms with Crippen molar-refractivity contribution in [3.63, 3.8) is 0 Å². The monoisotopic (exact) mass is 426 g/mol. The van der Waals surface area contributed by atoms with Crippen LogP contribution in [0.5, 0.6) is 0 Å². The van der Waals surface area contributed by atoms with Crippen LogP contribution in [0.15, 0.2) is 48.8 Å². The molecule has 1 atom stereocenters. The van der Waals surface area contributed by atoms with E-state index in [4.69, 9.17) is 9.97 Å². The largest absolute Gasteiger partial charge is 0.416 e. The van der Waals surface area contributed by atoms with Crippen molar-refractivity contribution in [1.29, 1.82) is 0 Å². The Balaban J connectivity index is 1.74. The van der Waals surface area contributed by atoms with E-state index in [-0.39, 0.29) is 5.41 Å². The van der Waals surface area contributed by atoms with Crippen LogP contribution >= 0.6 is 0 Å². The number of nitrogens with zero attached hydrogens (tertiary/aromatic N) is 3. The van der Waals surface area contributed by atoms with Gasteiger partial charge in [0.05, 0.1) is 5.56 Å². The minimum atomic E-state index is -4.36. The Bertz CT molecular complexity index is 1060. The first-order chi connectivity index (χ1) is 14.6. The zero-order valence-electron chi connectivity index (χ0n) is 17.8. The molecule has 1 N–H and O–H groups in total. The normalized spacial score (nSPS) is 16.6. The Morgan fingerprint density at radius 1 is 1.00 bits per heavy atom. The molecule has 0 spiro atoms.